The second-order valence-corrected chi connectivity index (χ2v) is 6.02. The molecule has 1 amide bonds. The quantitative estimate of drug-likeness (QED) is 0.749. The molecular weight excluding hydrogens is 242 g/mol. The Balaban J connectivity index is 2.35. The summed E-state index contributed by atoms with van der Waals surface area (Å²) in [6.07, 6.45) is 4.22. The van der Waals surface area contributed by atoms with Crippen molar-refractivity contribution < 1.29 is 18.9 Å². The van der Waals surface area contributed by atoms with Crippen molar-refractivity contribution in [1.82, 2.24) is 5.32 Å². The van der Waals surface area contributed by atoms with Crippen LogP contribution >= 0.6 is 0 Å². The SMILES string of the molecule is CS(=O)CCNC(=O)C1CCCC(C(=O)O)C1. The lowest BCUT2D eigenvalue weighted by molar-refractivity contribution is -0.144. The molecular formula is C11H19NO4S. The maximum Gasteiger partial charge on any atom is 0.306 e. The van der Waals surface area contributed by atoms with E-state index in [1.807, 2.05) is 0 Å². The molecule has 98 valence electrons. The number of amides is 1. The van der Waals surface area contributed by atoms with Crippen LogP contribution in [0.1, 0.15) is 25.7 Å². The number of carbonyl (C=O) groups excluding carboxylic acids is 1. The molecule has 6 heteroatoms. The minimum atomic E-state index is -0.910. The van der Waals surface area contributed by atoms with Gasteiger partial charge in [0.15, 0.2) is 0 Å². The molecule has 0 aromatic heterocycles. The fraction of sp³-hybridized carbons (Fsp3) is 0.818. The molecule has 0 radical (unpaired) electrons. The molecule has 0 spiro atoms. The van der Waals surface area contributed by atoms with E-state index in [4.69, 9.17) is 5.11 Å². The topological polar surface area (TPSA) is 83.5 Å². The van der Waals surface area contributed by atoms with Gasteiger partial charge in [-0.05, 0) is 19.3 Å². The van der Waals surface area contributed by atoms with E-state index in [2.05, 4.69) is 5.32 Å². The van der Waals surface area contributed by atoms with E-state index in [-0.39, 0.29) is 17.7 Å². The predicted molar refractivity (Wildman–Crippen MR) is 65.0 cm³/mol. The van der Waals surface area contributed by atoms with E-state index in [0.29, 0.717) is 25.1 Å². The number of hydrogen-bond acceptors (Lipinski definition) is 3. The lowest BCUT2D eigenvalue weighted by Crippen LogP contribution is -2.37. The molecule has 0 aromatic carbocycles. The average molecular weight is 261 g/mol. The summed E-state index contributed by atoms with van der Waals surface area (Å²) >= 11 is 0. The van der Waals surface area contributed by atoms with E-state index in [1.165, 1.54) is 0 Å². The van der Waals surface area contributed by atoms with Crippen LogP contribution in [0, 0.1) is 11.8 Å². The molecule has 5 nitrogen and oxygen atoms in total. The van der Waals surface area contributed by atoms with E-state index in [0.717, 1.165) is 12.8 Å². The highest BCUT2D eigenvalue weighted by Crippen LogP contribution is 2.29. The monoisotopic (exact) mass is 261 g/mol. The van der Waals surface area contributed by atoms with Crippen molar-refractivity contribution in [3.63, 3.8) is 0 Å². The Kier molecular flexibility index (Phi) is 5.61. The van der Waals surface area contributed by atoms with Gasteiger partial charge in [0.05, 0.1) is 5.92 Å². The summed E-state index contributed by atoms with van der Waals surface area (Å²) < 4.78 is 10.8. The van der Waals surface area contributed by atoms with Crippen molar-refractivity contribution in [3.05, 3.63) is 0 Å². The first-order valence-corrected chi connectivity index (χ1v) is 7.54. The molecule has 1 fully saturated rings. The van der Waals surface area contributed by atoms with E-state index < -0.39 is 16.8 Å². The van der Waals surface area contributed by atoms with E-state index in [9.17, 15) is 13.8 Å². The molecule has 0 bridgehead atoms. The Morgan fingerprint density at radius 3 is 2.59 bits per heavy atom. The molecule has 3 atom stereocenters. The second kappa shape index (κ2) is 6.74. The molecule has 2 N–H and O–H groups in total. The van der Waals surface area contributed by atoms with E-state index >= 15 is 0 Å². The summed E-state index contributed by atoms with van der Waals surface area (Å²) in [5, 5.41) is 11.6. The number of rotatable bonds is 5. The van der Waals surface area contributed by atoms with Crippen molar-refractivity contribution in [2.24, 2.45) is 11.8 Å². The number of carbonyl (C=O) groups is 2. The minimum Gasteiger partial charge on any atom is -0.481 e. The van der Waals surface area contributed by atoms with Crippen LogP contribution in [0.3, 0.4) is 0 Å². The van der Waals surface area contributed by atoms with Crippen LogP contribution in [0.2, 0.25) is 0 Å². The van der Waals surface area contributed by atoms with Crippen LogP contribution < -0.4 is 5.32 Å². The zero-order valence-electron chi connectivity index (χ0n) is 9.98. The summed E-state index contributed by atoms with van der Waals surface area (Å²) in [7, 11) is -0.910. The van der Waals surface area contributed by atoms with Crippen LogP contribution in [0.4, 0.5) is 0 Å². The van der Waals surface area contributed by atoms with Gasteiger partial charge in [-0.25, -0.2) is 0 Å². The summed E-state index contributed by atoms with van der Waals surface area (Å²) in [6, 6.07) is 0. The maximum atomic E-state index is 11.7. The summed E-state index contributed by atoms with van der Waals surface area (Å²) in [5.74, 6) is -1.05. The van der Waals surface area contributed by atoms with E-state index in [1.54, 1.807) is 6.26 Å². The standard InChI is InChI=1S/C11H19NO4S/c1-17(16)6-5-12-10(13)8-3-2-4-9(7-8)11(14)15/h8-9H,2-7H2,1H3,(H,12,13)(H,14,15). The second-order valence-electron chi connectivity index (χ2n) is 4.47. The van der Waals surface area contributed by atoms with Gasteiger partial charge in [0.2, 0.25) is 5.91 Å². The minimum absolute atomic E-state index is 0.0959. The highest BCUT2D eigenvalue weighted by Gasteiger charge is 2.30. The molecule has 17 heavy (non-hydrogen) atoms. The van der Waals surface area contributed by atoms with Gasteiger partial charge < -0.3 is 10.4 Å². The Hall–Kier alpha value is -0.910. The van der Waals surface area contributed by atoms with Gasteiger partial charge in [-0.2, -0.15) is 0 Å². The van der Waals surface area contributed by atoms with Gasteiger partial charge in [0.25, 0.3) is 0 Å². The normalized spacial score (nSPS) is 26.2. The summed E-state index contributed by atoms with van der Waals surface area (Å²) in [5.41, 5.74) is 0. The van der Waals surface area contributed by atoms with Crippen LogP contribution in [0.5, 0.6) is 0 Å². The fourth-order valence-electron chi connectivity index (χ4n) is 2.11. The maximum absolute atomic E-state index is 11.7. The predicted octanol–water partition coefficient (Wildman–Crippen LogP) is 0.372. The van der Waals surface area contributed by atoms with Gasteiger partial charge in [-0.1, -0.05) is 6.42 Å². The third-order valence-electron chi connectivity index (χ3n) is 3.08. The average Bonchev–Trinajstić information content (AvgIpc) is 2.28. The zero-order valence-corrected chi connectivity index (χ0v) is 10.8. The molecule has 0 saturated heterocycles. The van der Waals surface area contributed by atoms with Gasteiger partial charge in [-0.15, -0.1) is 0 Å². The number of carboxylic acid groups (broad SMARTS) is 1. The van der Waals surface area contributed by atoms with Crippen LogP contribution in [0.15, 0.2) is 0 Å². The number of hydrogen-bond donors (Lipinski definition) is 2. The summed E-state index contributed by atoms with van der Waals surface area (Å²) in [6.45, 7) is 0.399. The molecule has 0 aromatic rings. The molecule has 1 aliphatic carbocycles. The van der Waals surface area contributed by atoms with Gasteiger partial charge in [0, 0.05) is 35.3 Å². The first-order chi connectivity index (χ1) is 8.00. The smallest absolute Gasteiger partial charge is 0.306 e. The first-order valence-electron chi connectivity index (χ1n) is 5.81. The Labute approximate surface area is 103 Å². The molecule has 1 saturated carbocycles. The number of aliphatic carboxylic acids is 1. The number of carboxylic acids is 1. The highest BCUT2D eigenvalue weighted by molar-refractivity contribution is 7.84. The van der Waals surface area contributed by atoms with Gasteiger partial charge in [-0.3, -0.25) is 13.8 Å². The van der Waals surface area contributed by atoms with Crippen molar-refractivity contribution >= 4 is 22.7 Å². The summed E-state index contributed by atoms with van der Waals surface area (Å²) in [4.78, 5) is 22.6. The van der Waals surface area contributed by atoms with Crippen LogP contribution in [-0.4, -0.2) is 39.7 Å². The molecule has 3 unspecified atom stereocenters. The molecule has 1 rings (SSSR count). The Morgan fingerprint density at radius 2 is 2.00 bits per heavy atom. The third kappa shape index (κ3) is 4.85. The van der Waals surface area contributed by atoms with Crippen molar-refractivity contribution in [2.75, 3.05) is 18.6 Å². The largest absolute Gasteiger partial charge is 0.481 e. The lowest BCUT2D eigenvalue weighted by Gasteiger charge is -2.25. The Bertz CT molecular complexity index is 319. The fourth-order valence-corrected chi connectivity index (χ4v) is 2.50. The highest BCUT2D eigenvalue weighted by atomic mass is 32.2. The Morgan fingerprint density at radius 1 is 1.35 bits per heavy atom. The van der Waals surface area contributed by atoms with Crippen molar-refractivity contribution in [2.45, 2.75) is 25.7 Å². The lowest BCUT2D eigenvalue weighted by atomic mass is 9.81. The number of nitrogens with one attached hydrogen (secondary N) is 1. The van der Waals surface area contributed by atoms with Crippen molar-refractivity contribution in [1.29, 1.82) is 0 Å². The van der Waals surface area contributed by atoms with Gasteiger partial charge in [0.1, 0.15) is 0 Å². The molecule has 0 aliphatic heterocycles. The third-order valence-corrected chi connectivity index (χ3v) is 3.86. The molecule has 0 heterocycles. The zero-order chi connectivity index (χ0) is 12.8. The van der Waals surface area contributed by atoms with Crippen LogP contribution in [0.25, 0.3) is 0 Å². The molecule has 1 aliphatic rings. The van der Waals surface area contributed by atoms with Gasteiger partial charge >= 0.3 is 5.97 Å². The first kappa shape index (κ1) is 14.2. The van der Waals surface area contributed by atoms with Crippen LogP contribution in [-0.2, 0) is 20.4 Å². The van der Waals surface area contributed by atoms with Crippen molar-refractivity contribution in [3.8, 4) is 0 Å².